The molecule has 3 heterocycles. The smallest absolute Gasteiger partial charge is 0.309 e. The van der Waals surface area contributed by atoms with E-state index in [9.17, 15) is 9.59 Å². The molecule has 2 aromatic rings. The molecule has 0 radical (unpaired) electrons. The molecule has 1 amide bonds. The van der Waals surface area contributed by atoms with Crippen molar-refractivity contribution < 1.29 is 14.3 Å². The molecule has 134 valence electrons. The van der Waals surface area contributed by atoms with E-state index in [0.29, 0.717) is 39.0 Å². The molecule has 0 N–H and O–H groups in total. The monoisotopic (exact) mass is 343 g/mol. The summed E-state index contributed by atoms with van der Waals surface area (Å²) in [5.74, 6) is -0.124. The number of aryl methyl sites for hydroxylation is 2. The minimum absolute atomic E-state index is 0.0795. The molecular formula is C19H25N3O3. The summed E-state index contributed by atoms with van der Waals surface area (Å²) in [4.78, 5) is 31.0. The Hall–Kier alpha value is -2.37. The molecular weight excluding hydrogens is 318 g/mol. The maximum Gasteiger partial charge on any atom is 0.309 e. The SMILES string of the molecule is CCOC(=O)C1CCN(C(=O)Cc2c(C)nc3c(C)cccn23)CC1. The number of nitrogens with zero attached hydrogens (tertiary/aromatic N) is 3. The van der Waals surface area contributed by atoms with Gasteiger partial charge in [-0.15, -0.1) is 0 Å². The van der Waals surface area contributed by atoms with Gasteiger partial charge < -0.3 is 14.0 Å². The molecule has 0 unspecified atom stereocenters. The molecule has 2 aromatic heterocycles. The van der Waals surface area contributed by atoms with Crippen LogP contribution in [0, 0.1) is 19.8 Å². The third-order valence-corrected chi connectivity index (χ3v) is 4.93. The van der Waals surface area contributed by atoms with Crippen molar-refractivity contribution >= 4 is 17.5 Å². The number of hydrogen-bond donors (Lipinski definition) is 0. The zero-order valence-electron chi connectivity index (χ0n) is 15.1. The number of pyridine rings is 1. The highest BCUT2D eigenvalue weighted by atomic mass is 16.5. The fraction of sp³-hybridized carbons (Fsp3) is 0.526. The van der Waals surface area contributed by atoms with Gasteiger partial charge in [0.15, 0.2) is 0 Å². The molecule has 1 aliphatic heterocycles. The minimum Gasteiger partial charge on any atom is -0.466 e. The maximum absolute atomic E-state index is 12.7. The predicted octanol–water partition coefficient (Wildman–Crippen LogP) is 2.30. The first-order chi connectivity index (χ1) is 12.0. The van der Waals surface area contributed by atoms with E-state index in [0.717, 1.165) is 22.6 Å². The van der Waals surface area contributed by atoms with Crippen molar-refractivity contribution in [3.8, 4) is 0 Å². The Balaban J connectivity index is 1.67. The summed E-state index contributed by atoms with van der Waals surface area (Å²) in [7, 11) is 0. The van der Waals surface area contributed by atoms with Gasteiger partial charge in [-0.05, 0) is 45.2 Å². The van der Waals surface area contributed by atoms with Crippen LogP contribution in [0.25, 0.3) is 5.65 Å². The van der Waals surface area contributed by atoms with Gasteiger partial charge in [0.05, 0.1) is 30.3 Å². The molecule has 0 spiro atoms. The molecule has 1 fully saturated rings. The van der Waals surface area contributed by atoms with Crippen LogP contribution in [-0.2, 0) is 20.7 Å². The lowest BCUT2D eigenvalue weighted by molar-refractivity contribution is -0.151. The molecule has 1 saturated heterocycles. The molecule has 0 bridgehead atoms. The van der Waals surface area contributed by atoms with Gasteiger partial charge in [-0.2, -0.15) is 0 Å². The summed E-state index contributed by atoms with van der Waals surface area (Å²) in [6.45, 7) is 7.41. The van der Waals surface area contributed by atoms with Crippen LogP contribution < -0.4 is 0 Å². The van der Waals surface area contributed by atoms with E-state index in [1.165, 1.54) is 0 Å². The third-order valence-electron chi connectivity index (χ3n) is 4.93. The van der Waals surface area contributed by atoms with Crippen LogP contribution in [0.2, 0.25) is 0 Å². The highest BCUT2D eigenvalue weighted by molar-refractivity contribution is 5.80. The van der Waals surface area contributed by atoms with E-state index in [1.54, 1.807) is 0 Å². The van der Waals surface area contributed by atoms with E-state index < -0.39 is 0 Å². The van der Waals surface area contributed by atoms with E-state index in [1.807, 2.05) is 48.4 Å². The summed E-state index contributed by atoms with van der Waals surface area (Å²) in [6.07, 6.45) is 3.64. The van der Waals surface area contributed by atoms with E-state index in [-0.39, 0.29) is 17.8 Å². The second kappa shape index (κ2) is 7.25. The van der Waals surface area contributed by atoms with Crippen LogP contribution in [0.3, 0.4) is 0 Å². The minimum atomic E-state index is -0.136. The van der Waals surface area contributed by atoms with Crippen molar-refractivity contribution in [3.05, 3.63) is 35.3 Å². The van der Waals surface area contributed by atoms with E-state index >= 15 is 0 Å². The molecule has 0 aliphatic carbocycles. The summed E-state index contributed by atoms with van der Waals surface area (Å²) >= 11 is 0. The van der Waals surface area contributed by atoms with Gasteiger partial charge >= 0.3 is 5.97 Å². The van der Waals surface area contributed by atoms with Gasteiger partial charge in [0.25, 0.3) is 0 Å². The number of fused-ring (bicyclic) bond motifs is 1. The first kappa shape index (κ1) is 17.5. The highest BCUT2D eigenvalue weighted by Crippen LogP contribution is 2.21. The van der Waals surface area contributed by atoms with Crippen LogP contribution in [0.15, 0.2) is 18.3 Å². The second-order valence-electron chi connectivity index (χ2n) is 6.61. The molecule has 0 atom stereocenters. The number of piperidine rings is 1. The average Bonchev–Trinajstić information content (AvgIpc) is 2.92. The maximum atomic E-state index is 12.7. The molecule has 1 aliphatic rings. The Bertz CT molecular complexity index is 789. The zero-order chi connectivity index (χ0) is 18.0. The largest absolute Gasteiger partial charge is 0.466 e. The predicted molar refractivity (Wildman–Crippen MR) is 94.3 cm³/mol. The van der Waals surface area contributed by atoms with Crippen LogP contribution in [0.5, 0.6) is 0 Å². The van der Waals surface area contributed by atoms with Crippen molar-refractivity contribution in [2.24, 2.45) is 5.92 Å². The molecule has 6 nitrogen and oxygen atoms in total. The quantitative estimate of drug-likeness (QED) is 0.799. The van der Waals surface area contributed by atoms with Gasteiger partial charge in [0, 0.05) is 19.3 Å². The third kappa shape index (κ3) is 3.52. The Morgan fingerprint density at radius 1 is 1.28 bits per heavy atom. The first-order valence-electron chi connectivity index (χ1n) is 8.88. The molecule has 6 heteroatoms. The number of likely N-dealkylation sites (tertiary alicyclic amines) is 1. The fourth-order valence-electron chi connectivity index (χ4n) is 3.46. The number of carbonyl (C=O) groups is 2. The molecule has 0 aromatic carbocycles. The van der Waals surface area contributed by atoms with Crippen LogP contribution in [-0.4, -0.2) is 45.9 Å². The second-order valence-corrected chi connectivity index (χ2v) is 6.61. The number of imidazole rings is 1. The van der Waals surface area contributed by atoms with Crippen molar-refractivity contribution in [3.63, 3.8) is 0 Å². The van der Waals surface area contributed by atoms with Crippen LogP contribution >= 0.6 is 0 Å². The lowest BCUT2D eigenvalue weighted by Gasteiger charge is -2.31. The van der Waals surface area contributed by atoms with Crippen molar-refractivity contribution in [2.45, 2.75) is 40.0 Å². The Kier molecular flexibility index (Phi) is 5.06. The Morgan fingerprint density at radius 3 is 2.68 bits per heavy atom. The number of hydrogen-bond acceptors (Lipinski definition) is 4. The van der Waals surface area contributed by atoms with Gasteiger partial charge in [0.2, 0.25) is 5.91 Å². The number of rotatable bonds is 4. The van der Waals surface area contributed by atoms with Gasteiger partial charge in [-0.1, -0.05) is 6.07 Å². The van der Waals surface area contributed by atoms with Crippen LogP contribution in [0.1, 0.15) is 36.7 Å². The molecule has 25 heavy (non-hydrogen) atoms. The average molecular weight is 343 g/mol. The number of carbonyl (C=O) groups excluding carboxylic acids is 2. The lowest BCUT2D eigenvalue weighted by Crippen LogP contribution is -2.41. The standard InChI is InChI=1S/C19H25N3O3/c1-4-25-19(24)15-7-10-21(11-8-15)17(23)12-16-14(3)20-18-13(2)6-5-9-22(16)18/h5-6,9,15H,4,7-8,10-12H2,1-3H3. The first-order valence-corrected chi connectivity index (χ1v) is 8.88. The summed E-state index contributed by atoms with van der Waals surface area (Å²) in [6, 6.07) is 4.00. The Morgan fingerprint density at radius 2 is 2.00 bits per heavy atom. The molecule has 3 rings (SSSR count). The highest BCUT2D eigenvalue weighted by Gasteiger charge is 2.28. The summed E-state index contributed by atoms with van der Waals surface area (Å²) < 4.78 is 7.09. The van der Waals surface area contributed by atoms with Gasteiger partial charge in [-0.25, -0.2) is 4.98 Å². The van der Waals surface area contributed by atoms with E-state index in [2.05, 4.69) is 4.98 Å². The van der Waals surface area contributed by atoms with Gasteiger partial charge in [-0.3, -0.25) is 9.59 Å². The summed E-state index contributed by atoms with van der Waals surface area (Å²) in [5, 5.41) is 0. The number of amides is 1. The van der Waals surface area contributed by atoms with Gasteiger partial charge in [0.1, 0.15) is 5.65 Å². The zero-order valence-corrected chi connectivity index (χ0v) is 15.1. The van der Waals surface area contributed by atoms with Crippen molar-refractivity contribution in [1.29, 1.82) is 0 Å². The fourth-order valence-corrected chi connectivity index (χ4v) is 3.46. The summed E-state index contributed by atoms with van der Waals surface area (Å²) in [5.41, 5.74) is 3.84. The van der Waals surface area contributed by atoms with Crippen molar-refractivity contribution in [2.75, 3.05) is 19.7 Å². The lowest BCUT2D eigenvalue weighted by atomic mass is 9.96. The van der Waals surface area contributed by atoms with Crippen molar-refractivity contribution in [1.82, 2.24) is 14.3 Å². The number of aromatic nitrogens is 2. The molecule has 0 saturated carbocycles. The van der Waals surface area contributed by atoms with E-state index in [4.69, 9.17) is 4.74 Å². The topological polar surface area (TPSA) is 63.9 Å². The normalized spacial score (nSPS) is 15.6. The number of esters is 1. The Labute approximate surface area is 147 Å². The number of ether oxygens (including phenoxy) is 1. The van der Waals surface area contributed by atoms with Crippen LogP contribution in [0.4, 0.5) is 0 Å².